The highest BCUT2D eigenvalue weighted by molar-refractivity contribution is 5.94. The van der Waals surface area contributed by atoms with Gasteiger partial charge in [0.2, 0.25) is 5.91 Å². The molecule has 1 aliphatic carbocycles. The monoisotopic (exact) mass is 288 g/mol. The SMILES string of the molecule is O=C1CCc2cc(NCC3(CO)CCCCC3)ccc2N1. The van der Waals surface area contributed by atoms with Gasteiger partial charge in [-0.2, -0.15) is 0 Å². The van der Waals surface area contributed by atoms with E-state index in [-0.39, 0.29) is 17.9 Å². The number of aliphatic hydroxyl groups is 1. The lowest BCUT2D eigenvalue weighted by Gasteiger charge is -2.36. The van der Waals surface area contributed by atoms with Crippen LogP contribution in [0.25, 0.3) is 0 Å². The van der Waals surface area contributed by atoms with Crippen molar-refractivity contribution >= 4 is 17.3 Å². The second-order valence-electron chi connectivity index (χ2n) is 6.49. The molecule has 1 heterocycles. The molecule has 4 nitrogen and oxygen atoms in total. The van der Waals surface area contributed by atoms with Crippen LogP contribution in [-0.2, 0) is 11.2 Å². The molecule has 0 spiro atoms. The first-order valence-electron chi connectivity index (χ1n) is 7.98. The van der Waals surface area contributed by atoms with Gasteiger partial charge in [0.15, 0.2) is 0 Å². The number of rotatable bonds is 4. The summed E-state index contributed by atoms with van der Waals surface area (Å²) in [5.41, 5.74) is 3.26. The average Bonchev–Trinajstić information content (AvgIpc) is 2.54. The molecule has 1 fully saturated rings. The Balaban J connectivity index is 1.66. The third-order valence-corrected chi connectivity index (χ3v) is 4.92. The van der Waals surface area contributed by atoms with E-state index in [4.69, 9.17) is 0 Å². The van der Waals surface area contributed by atoms with Crippen molar-refractivity contribution in [2.24, 2.45) is 5.41 Å². The number of carbonyl (C=O) groups is 1. The Hall–Kier alpha value is -1.55. The highest BCUT2D eigenvalue weighted by Gasteiger charge is 2.31. The standard InChI is InChI=1S/C17H24N2O2/c20-12-17(8-2-1-3-9-17)11-18-14-5-6-15-13(10-14)4-7-16(21)19-15/h5-6,10,18,20H,1-4,7-9,11-12H2,(H,19,21). The van der Waals surface area contributed by atoms with Crippen molar-refractivity contribution in [1.82, 2.24) is 0 Å². The second-order valence-corrected chi connectivity index (χ2v) is 6.49. The predicted octanol–water partition coefficient (Wildman–Crippen LogP) is 2.93. The Labute approximate surface area is 125 Å². The van der Waals surface area contributed by atoms with E-state index in [1.165, 1.54) is 24.8 Å². The molecule has 0 radical (unpaired) electrons. The molecular weight excluding hydrogens is 264 g/mol. The minimum absolute atomic E-state index is 0.0440. The van der Waals surface area contributed by atoms with Gasteiger partial charge in [0.25, 0.3) is 0 Å². The second kappa shape index (κ2) is 6.06. The predicted molar refractivity (Wildman–Crippen MR) is 84.5 cm³/mol. The Morgan fingerprint density at radius 3 is 2.76 bits per heavy atom. The number of aryl methyl sites for hydroxylation is 1. The number of carbonyl (C=O) groups excluding carboxylic acids is 1. The van der Waals surface area contributed by atoms with Crippen LogP contribution < -0.4 is 10.6 Å². The van der Waals surface area contributed by atoms with Crippen LogP contribution in [0.15, 0.2) is 18.2 Å². The number of nitrogens with one attached hydrogen (secondary N) is 2. The summed E-state index contributed by atoms with van der Waals surface area (Å²) in [5.74, 6) is 0.102. The van der Waals surface area contributed by atoms with Gasteiger partial charge in [0, 0.05) is 29.8 Å². The lowest BCUT2D eigenvalue weighted by Crippen LogP contribution is -2.35. The van der Waals surface area contributed by atoms with Crippen molar-refractivity contribution in [3.63, 3.8) is 0 Å². The van der Waals surface area contributed by atoms with Gasteiger partial charge in [-0.1, -0.05) is 19.3 Å². The Morgan fingerprint density at radius 2 is 2.00 bits per heavy atom. The van der Waals surface area contributed by atoms with E-state index in [0.29, 0.717) is 6.42 Å². The Morgan fingerprint density at radius 1 is 1.19 bits per heavy atom. The van der Waals surface area contributed by atoms with Crippen LogP contribution in [0.3, 0.4) is 0 Å². The van der Waals surface area contributed by atoms with Crippen LogP contribution >= 0.6 is 0 Å². The molecule has 0 saturated heterocycles. The van der Waals surface area contributed by atoms with Crippen molar-refractivity contribution < 1.29 is 9.90 Å². The summed E-state index contributed by atoms with van der Waals surface area (Å²) in [4.78, 5) is 11.4. The number of anilines is 2. The van der Waals surface area contributed by atoms with Crippen molar-refractivity contribution in [1.29, 1.82) is 0 Å². The van der Waals surface area contributed by atoms with Crippen molar-refractivity contribution in [3.8, 4) is 0 Å². The van der Waals surface area contributed by atoms with E-state index in [9.17, 15) is 9.90 Å². The molecule has 2 aliphatic rings. The first-order chi connectivity index (χ1) is 10.2. The largest absolute Gasteiger partial charge is 0.396 e. The normalized spacial score (nSPS) is 20.5. The van der Waals surface area contributed by atoms with E-state index < -0.39 is 0 Å². The number of hydrogen-bond acceptors (Lipinski definition) is 3. The molecule has 3 N–H and O–H groups in total. The topological polar surface area (TPSA) is 61.4 Å². The quantitative estimate of drug-likeness (QED) is 0.798. The van der Waals surface area contributed by atoms with E-state index >= 15 is 0 Å². The highest BCUT2D eigenvalue weighted by atomic mass is 16.3. The van der Waals surface area contributed by atoms with Gasteiger partial charge in [-0.3, -0.25) is 4.79 Å². The van der Waals surface area contributed by atoms with Crippen molar-refractivity contribution in [2.45, 2.75) is 44.9 Å². The molecule has 0 atom stereocenters. The molecule has 4 heteroatoms. The molecular formula is C17H24N2O2. The van der Waals surface area contributed by atoms with E-state index in [1.54, 1.807) is 0 Å². The van der Waals surface area contributed by atoms with Gasteiger partial charge >= 0.3 is 0 Å². The Kier molecular flexibility index (Phi) is 4.15. The van der Waals surface area contributed by atoms with Gasteiger partial charge in [0.1, 0.15) is 0 Å². The fraction of sp³-hybridized carbons (Fsp3) is 0.588. The van der Waals surface area contributed by atoms with Crippen LogP contribution in [0.4, 0.5) is 11.4 Å². The van der Waals surface area contributed by atoms with Gasteiger partial charge in [-0.05, 0) is 43.0 Å². The van der Waals surface area contributed by atoms with Gasteiger partial charge < -0.3 is 15.7 Å². The van der Waals surface area contributed by atoms with Crippen LogP contribution in [-0.4, -0.2) is 24.2 Å². The fourth-order valence-electron chi connectivity index (χ4n) is 3.48. The zero-order chi connectivity index (χ0) is 14.7. The maximum absolute atomic E-state index is 11.4. The van der Waals surface area contributed by atoms with Crippen molar-refractivity contribution in [3.05, 3.63) is 23.8 Å². The van der Waals surface area contributed by atoms with Gasteiger partial charge in [-0.25, -0.2) is 0 Å². The molecule has 0 unspecified atom stereocenters. The summed E-state index contributed by atoms with van der Waals surface area (Å²) in [6.07, 6.45) is 7.32. The third kappa shape index (κ3) is 3.21. The van der Waals surface area contributed by atoms with Crippen LogP contribution in [0.1, 0.15) is 44.1 Å². The number of fused-ring (bicyclic) bond motifs is 1. The summed E-state index contributed by atoms with van der Waals surface area (Å²) < 4.78 is 0. The smallest absolute Gasteiger partial charge is 0.224 e. The maximum Gasteiger partial charge on any atom is 0.224 e. The molecule has 1 amide bonds. The minimum Gasteiger partial charge on any atom is -0.396 e. The lowest BCUT2D eigenvalue weighted by molar-refractivity contribution is -0.116. The molecule has 3 rings (SSSR count). The molecule has 1 aromatic carbocycles. The maximum atomic E-state index is 11.4. The zero-order valence-corrected chi connectivity index (χ0v) is 12.5. The molecule has 1 saturated carbocycles. The summed E-state index contributed by atoms with van der Waals surface area (Å²) in [6.45, 7) is 1.09. The Bertz CT molecular complexity index is 522. The van der Waals surface area contributed by atoms with E-state index in [0.717, 1.165) is 37.2 Å². The molecule has 0 aromatic heterocycles. The van der Waals surface area contributed by atoms with Crippen LogP contribution in [0.2, 0.25) is 0 Å². The van der Waals surface area contributed by atoms with E-state index in [2.05, 4.69) is 16.7 Å². The molecule has 1 aromatic rings. The van der Waals surface area contributed by atoms with Gasteiger partial charge in [-0.15, -0.1) is 0 Å². The summed E-state index contributed by atoms with van der Waals surface area (Å²) in [5, 5.41) is 16.2. The molecule has 21 heavy (non-hydrogen) atoms. The first kappa shape index (κ1) is 14.4. The van der Waals surface area contributed by atoms with Gasteiger partial charge in [0.05, 0.1) is 6.61 Å². The summed E-state index contributed by atoms with van der Waals surface area (Å²) in [7, 11) is 0. The number of hydrogen-bond donors (Lipinski definition) is 3. The lowest BCUT2D eigenvalue weighted by atomic mass is 9.74. The molecule has 1 aliphatic heterocycles. The number of aliphatic hydroxyl groups excluding tert-OH is 1. The summed E-state index contributed by atoms with van der Waals surface area (Å²) in [6, 6.07) is 6.11. The zero-order valence-electron chi connectivity index (χ0n) is 12.5. The van der Waals surface area contributed by atoms with Crippen molar-refractivity contribution in [2.75, 3.05) is 23.8 Å². The van der Waals surface area contributed by atoms with E-state index in [1.807, 2.05) is 12.1 Å². The fourth-order valence-corrected chi connectivity index (χ4v) is 3.48. The highest BCUT2D eigenvalue weighted by Crippen LogP contribution is 2.36. The first-order valence-corrected chi connectivity index (χ1v) is 7.98. The third-order valence-electron chi connectivity index (χ3n) is 4.92. The number of benzene rings is 1. The van der Waals surface area contributed by atoms with Crippen LogP contribution in [0, 0.1) is 5.41 Å². The average molecular weight is 288 g/mol. The minimum atomic E-state index is 0.0440. The molecule has 0 bridgehead atoms. The van der Waals surface area contributed by atoms with Crippen LogP contribution in [0.5, 0.6) is 0 Å². The molecule has 114 valence electrons. The summed E-state index contributed by atoms with van der Waals surface area (Å²) >= 11 is 0. The number of amides is 1.